The van der Waals surface area contributed by atoms with Crippen LogP contribution in [-0.4, -0.2) is 10.1 Å². The highest BCUT2D eigenvalue weighted by Gasteiger charge is 2.21. The van der Waals surface area contributed by atoms with Gasteiger partial charge in [-0.1, -0.05) is 46.7 Å². The minimum Gasteiger partial charge on any atom is -0.507 e. The maximum absolute atomic E-state index is 10.4. The van der Waals surface area contributed by atoms with Crippen molar-refractivity contribution < 1.29 is 5.11 Å². The SMILES string of the molecule is Cc1ccc(N(c2ccc(C)cc2)c2sc(-c3cc(C#N)ccc3O)nc2C)cc1. The number of phenolic OH excluding ortho intramolecular Hbond substituents is 1. The number of aromatic hydroxyl groups is 1. The van der Waals surface area contributed by atoms with E-state index in [-0.39, 0.29) is 5.75 Å². The van der Waals surface area contributed by atoms with Crippen molar-refractivity contribution in [2.75, 3.05) is 4.90 Å². The molecule has 30 heavy (non-hydrogen) atoms. The molecule has 4 nitrogen and oxygen atoms in total. The third-order valence-electron chi connectivity index (χ3n) is 4.92. The Morgan fingerprint density at radius 1 is 0.867 bits per heavy atom. The van der Waals surface area contributed by atoms with Gasteiger partial charge in [-0.25, -0.2) is 4.98 Å². The quantitative estimate of drug-likeness (QED) is 0.402. The van der Waals surface area contributed by atoms with Crippen molar-refractivity contribution in [2.45, 2.75) is 20.8 Å². The first-order valence-electron chi connectivity index (χ1n) is 9.60. The summed E-state index contributed by atoms with van der Waals surface area (Å²) in [6.45, 7) is 6.11. The summed E-state index contributed by atoms with van der Waals surface area (Å²) < 4.78 is 0. The predicted molar refractivity (Wildman–Crippen MR) is 123 cm³/mol. The fourth-order valence-electron chi connectivity index (χ4n) is 3.26. The van der Waals surface area contributed by atoms with E-state index in [1.165, 1.54) is 22.5 Å². The Bertz CT molecular complexity index is 1190. The van der Waals surface area contributed by atoms with Crippen LogP contribution in [0.3, 0.4) is 0 Å². The molecule has 0 amide bonds. The van der Waals surface area contributed by atoms with Crippen molar-refractivity contribution in [3.8, 4) is 22.4 Å². The van der Waals surface area contributed by atoms with Crippen molar-refractivity contribution in [1.29, 1.82) is 5.26 Å². The Balaban J connectivity index is 1.87. The predicted octanol–water partition coefficient (Wildman–Crippen LogP) is 6.78. The highest BCUT2D eigenvalue weighted by atomic mass is 32.1. The summed E-state index contributed by atoms with van der Waals surface area (Å²) in [5, 5.41) is 21.2. The number of anilines is 3. The van der Waals surface area contributed by atoms with Crippen molar-refractivity contribution in [2.24, 2.45) is 0 Å². The summed E-state index contributed by atoms with van der Waals surface area (Å²) in [5.41, 5.74) is 6.39. The summed E-state index contributed by atoms with van der Waals surface area (Å²) in [6.07, 6.45) is 0. The van der Waals surface area contributed by atoms with Crippen LogP contribution in [0.1, 0.15) is 22.4 Å². The van der Waals surface area contributed by atoms with E-state index < -0.39 is 0 Å². The molecule has 1 heterocycles. The molecule has 0 aliphatic rings. The molecule has 5 heteroatoms. The molecule has 0 atom stereocenters. The third kappa shape index (κ3) is 3.78. The molecule has 1 aromatic heterocycles. The summed E-state index contributed by atoms with van der Waals surface area (Å²) in [7, 11) is 0. The maximum Gasteiger partial charge on any atom is 0.129 e. The lowest BCUT2D eigenvalue weighted by Crippen LogP contribution is -2.09. The van der Waals surface area contributed by atoms with Gasteiger partial charge in [0.25, 0.3) is 0 Å². The molecule has 0 saturated heterocycles. The number of aromatic nitrogens is 1. The van der Waals surface area contributed by atoms with Gasteiger partial charge in [0.15, 0.2) is 0 Å². The lowest BCUT2D eigenvalue weighted by atomic mass is 10.1. The second-order valence-electron chi connectivity index (χ2n) is 7.26. The van der Waals surface area contributed by atoms with Crippen LogP contribution in [0.25, 0.3) is 10.6 Å². The molecule has 0 aliphatic heterocycles. The first kappa shape index (κ1) is 19.7. The van der Waals surface area contributed by atoms with E-state index in [1.54, 1.807) is 18.2 Å². The molecule has 0 saturated carbocycles. The van der Waals surface area contributed by atoms with Gasteiger partial charge < -0.3 is 10.0 Å². The van der Waals surface area contributed by atoms with E-state index in [0.29, 0.717) is 16.1 Å². The van der Waals surface area contributed by atoms with Crippen LogP contribution in [-0.2, 0) is 0 Å². The van der Waals surface area contributed by atoms with Gasteiger partial charge in [-0.3, -0.25) is 0 Å². The van der Waals surface area contributed by atoms with Crippen LogP contribution in [0, 0.1) is 32.1 Å². The van der Waals surface area contributed by atoms with Gasteiger partial charge in [-0.15, -0.1) is 0 Å². The van der Waals surface area contributed by atoms with Crippen LogP contribution in [0.15, 0.2) is 66.7 Å². The molecule has 0 aliphatic carbocycles. The van der Waals surface area contributed by atoms with Crippen LogP contribution < -0.4 is 4.90 Å². The molecule has 4 rings (SSSR count). The average Bonchev–Trinajstić information content (AvgIpc) is 3.12. The number of hydrogen-bond donors (Lipinski definition) is 1. The summed E-state index contributed by atoms with van der Waals surface area (Å²) >= 11 is 1.50. The van der Waals surface area contributed by atoms with Gasteiger partial charge in [0.05, 0.1) is 22.9 Å². The van der Waals surface area contributed by atoms with Crippen molar-refractivity contribution in [3.05, 3.63) is 89.1 Å². The van der Waals surface area contributed by atoms with Gasteiger partial charge >= 0.3 is 0 Å². The van der Waals surface area contributed by atoms with Crippen LogP contribution in [0.4, 0.5) is 16.4 Å². The van der Waals surface area contributed by atoms with Crippen molar-refractivity contribution in [1.82, 2.24) is 4.98 Å². The number of rotatable bonds is 4. The van der Waals surface area contributed by atoms with Crippen LogP contribution >= 0.6 is 11.3 Å². The Hall–Kier alpha value is -3.62. The molecule has 1 N–H and O–H groups in total. The first-order valence-corrected chi connectivity index (χ1v) is 10.4. The second kappa shape index (κ2) is 8.02. The number of nitriles is 1. The van der Waals surface area contributed by atoms with Gasteiger partial charge in [0.1, 0.15) is 15.8 Å². The van der Waals surface area contributed by atoms with Crippen LogP contribution in [0.5, 0.6) is 5.75 Å². The van der Waals surface area contributed by atoms with Gasteiger partial charge in [-0.05, 0) is 63.2 Å². The van der Waals surface area contributed by atoms with Crippen molar-refractivity contribution in [3.63, 3.8) is 0 Å². The zero-order valence-corrected chi connectivity index (χ0v) is 17.9. The Kier molecular flexibility index (Phi) is 5.26. The number of phenols is 1. The van der Waals surface area contributed by atoms with Gasteiger partial charge in [0, 0.05) is 11.4 Å². The monoisotopic (exact) mass is 411 g/mol. The van der Waals surface area contributed by atoms with E-state index in [0.717, 1.165) is 22.1 Å². The smallest absolute Gasteiger partial charge is 0.129 e. The minimum absolute atomic E-state index is 0.117. The fraction of sp³-hybridized carbons (Fsp3) is 0.120. The van der Waals surface area contributed by atoms with Gasteiger partial charge in [0.2, 0.25) is 0 Å². The fourth-order valence-corrected chi connectivity index (χ4v) is 4.39. The molecular weight excluding hydrogens is 390 g/mol. The number of benzene rings is 3. The normalized spacial score (nSPS) is 10.6. The Morgan fingerprint density at radius 3 is 1.97 bits per heavy atom. The number of nitrogens with zero attached hydrogens (tertiary/aromatic N) is 3. The molecule has 0 bridgehead atoms. The topological polar surface area (TPSA) is 60.2 Å². The zero-order valence-electron chi connectivity index (χ0n) is 17.0. The number of hydrogen-bond acceptors (Lipinski definition) is 5. The largest absolute Gasteiger partial charge is 0.507 e. The molecule has 0 radical (unpaired) electrons. The number of aryl methyl sites for hydroxylation is 3. The molecule has 3 aromatic carbocycles. The molecular formula is C25H21N3OS. The first-order chi connectivity index (χ1) is 14.5. The lowest BCUT2D eigenvalue weighted by Gasteiger charge is -2.24. The van der Waals surface area contributed by atoms with Crippen LogP contribution in [0.2, 0.25) is 0 Å². The maximum atomic E-state index is 10.4. The van der Waals surface area contributed by atoms with Gasteiger partial charge in [-0.2, -0.15) is 5.26 Å². The van der Waals surface area contributed by atoms with E-state index >= 15 is 0 Å². The lowest BCUT2D eigenvalue weighted by molar-refractivity contribution is 0.477. The molecule has 148 valence electrons. The third-order valence-corrected chi connectivity index (χ3v) is 6.09. The highest BCUT2D eigenvalue weighted by Crippen LogP contribution is 2.44. The van der Waals surface area contributed by atoms with E-state index in [9.17, 15) is 10.4 Å². The minimum atomic E-state index is 0.117. The number of thiazole rings is 1. The summed E-state index contributed by atoms with van der Waals surface area (Å²) in [5.74, 6) is 0.117. The molecule has 4 aromatic rings. The molecule has 0 unspecified atom stereocenters. The van der Waals surface area contributed by atoms with Crippen molar-refractivity contribution >= 4 is 27.7 Å². The second-order valence-corrected chi connectivity index (χ2v) is 8.24. The summed E-state index contributed by atoms with van der Waals surface area (Å²) in [4.78, 5) is 6.91. The van der Waals surface area contributed by atoms with E-state index in [1.807, 2.05) is 6.92 Å². The average molecular weight is 412 g/mol. The van der Waals surface area contributed by atoms with E-state index in [4.69, 9.17) is 4.98 Å². The molecule has 0 spiro atoms. The highest BCUT2D eigenvalue weighted by molar-refractivity contribution is 7.19. The van der Waals surface area contributed by atoms with E-state index in [2.05, 4.69) is 73.3 Å². The zero-order chi connectivity index (χ0) is 21.3. The Labute approximate surface area is 180 Å². The Morgan fingerprint density at radius 2 is 1.43 bits per heavy atom. The standard InChI is InChI=1S/C25H21N3OS/c1-16-4-9-20(10-5-16)28(21-11-6-17(2)7-12-21)25-18(3)27-24(30-25)22-14-19(15-26)8-13-23(22)29/h4-14,29H,1-3H3. The molecule has 0 fully saturated rings. The summed E-state index contributed by atoms with van der Waals surface area (Å²) in [6, 6.07) is 23.7.